The van der Waals surface area contributed by atoms with E-state index in [1.54, 1.807) is 37.7 Å². The fourth-order valence-electron chi connectivity index (χ4n) is 2.89. The third-order valence-electron chi connectivity index (χ3n) is 4.37. The number of nitrogens with one attached hydrogen (secondary N) is 1. The number of carbonyl (C=O) groups excluding carboxylic acids is 1. The van der Waals surface area contributed by atoms with Crippen LogP contribution in [0.3, 0.4) is 0 Å². The summed E-state index contributed by atoms with van der Waals surface area (Å²) in [4.78, 5) is 16.6. The highest BCUT2D eigenvalue weighted by Crippen LogP contribution is 2.24. The lowest BCUT2D eigenvalue weighted by molar-refractivity contribution is -0.121. The van der Waals surface area contributed by atoms with Gasteiger partial charge < -0.3 is 10.1 Å². The summed E-state index contributed by atoms with van der Waals surface area (Å²) < 4.78 is 19.0. The van der Waals surface area contributed by atoms with Crippen molar-refractivity contribution in [2.75, 3.05) is 7.11 Å². The number of hydrogen-bond donors (Lipinski definition) is 1. The van der Waals surface area contributed by atoms with Crippen molar-refractivity contribution in [3.05, 3.63) is 95.6 Å². The van der Waals surface area contributed by atoms with Crippen molar-refractivity contribution < 1.29 is 13.9 Å². The molecule has 0 unspecified atom stereocenters. The maximum atomic E-state index is 13.8. The molecule has 1 atom stereocenters. The highest BCUT2D eigenvalue weighted by molar-refractivity contribution is 5.77. The fraction of sp³-hybridized carbons (Fsp3) is 0.182. The lowest BCUT2D eigenvalue weighted by Gasteiger charge is -2.20. The number of aromatic nitrogens is 1. The van der Waals surface area contributed by atoms with Gasteiger partial charge in [-0.05, 0) is 53.4 Å². The molecule has 0 saturated carbocycles. The van der Waals surface area contributed by atoms with Crippen molar-refractivity contribution in [1.82, 2.24) is 10.3 Å². The zero-order chi connectivity index (χ0) is 19.1. The first kappa shape index (κ1) is 18.6. The highest BCUT2D eigenvalue weighted by atomic mass is 19.1. The molecule has 0 bridgehead atoms. The van der Waals surface area contributed by atoms with E-state index in [0.29, 0.717) is 12.0 Å². The minimum atomic E-state index is -0.313. The van der Waals surface area contributed by atoms with Gasteiger partial charge in [-0.2, -0.15) is 0 Å². The quantitative estimate of drug-likeness (QED) is 0.688. The molecule has 0 saturated heterocycles. The Morgan fingerprint density at radius 3 is 2.37 bits per heavy atom. The van der Waals surface area contributed by atoms with Crippen LogP contribution in [-0.2, 0) is 11.2 Å². The van der Waals surface area contributed by atoms with Gasteiger partial charge in [0.2, 0.25) is 5.91 Å². The Labute approximate surface area is 158 Å². The summed E-state index contributed by atoms with van der Waals surface area (Å²) >= 11 is 0. The SMILES string of the molecule is COc1ccc([C@H](NC(=O)CCc2ccccc2F)c2ccncc2)cc1. The third-order valence-corrected chi connectivity index (χ3v) is 4.37. The summed E-state index contributed by atoms with van der Waals surface area (Å²) in [6.07, 6.45) is 3.94. The van der Waals surface area contributed by atoms with Crippen molar-refractivity contribution >= 4 is 5.91 Å². The Morgan fingerprint density at radius 1 is 1.04 bits per heavy atom. The molecular weight excluding hydrogens is 343 g/mol. The van der Waals surface area contributed by atoms with Crippen LogP contribution in [0.1, 0.15) is 29.2 Å². The standard InChI is InChI=1S/C22H21FN2O2/c1-27-19-9-6-17(7-10-19)22(18-12-14-24-15-13-18)25-21(26)11-8-16-4-2-3-5-20(16)23/h2-7,9-10,12-15,22H,8,11H2,1H3,(H,25,26)/t22-/m0/s1. The first-order chi connectivity index (χ1) is 13.2. The second kappa shape index (κ2) is 8.94. The predicted octanol–water partition coefficient (Wildman–Crippen LogP) is 4.07. The van der Waals surface area contributed by atoms with Gasteiger partial charge in [0.15, 0.2) is 0 Å². The van der Waals surface area contributed by atoms with Gasteiger partial charge in [-0.25, -0.2) is 4.39 Å². The molecule has 1 amide bonds. The molecule has 138 valence electrons. The van der Waals surface area contributed by atoms with Crippen molar-refractivity contribution in [3.8, 4) is 5.75 Å². The van der Waals surface area contributed by atoms with Crippen molar-refractivity contribution in [1.29, 1.82) is 0 Å². The summed E-state index contributed by atoms with van der Waals surface area (Å²) in [5.74, 6) is 0.320. The molecule has 0 fully saturated rings. The number of pyridine rings is 1. The van der Waals surface area contributed by atoms with E-state index in [1.165, 1.54) is 6.07 Å². The average molecular weight is 364 g/mol. The third kappa shape index (κ3) is 4.91. The fourth-order valence-corrected chi connectivity index (χ4v) is 2.89. The lowest BCUT2D eigenvalue weighted by Crippen LogP contribution is -2.29. The van der Waals surface area contributed by atoms with E-state index in [1.807, 2.05) is 36.4 Å². The molecule has 3 aromatic rings. The van der Waals surface area contributed by atoms with Gasteiger partial charge in [-0.3, -0.25) is 9.78 Å². The smallest absolute Gasteiger partial charge is 0.221 e. The largest absolute Gasteiger partial charge is 0.497 e. The molecule has 0 aliphatic rings. The summed E-state index contributed by atoms with van der Waals surface area (Å²) in [6.45, 7) is 0. The molecule has 3 rings (SSSR count). The van der Waals surface area contributed by atoms with E-state index in [0.717, 1.165) is 16.9 Å². The minimum Gasteiger partial charge on any atom is -0.497 e. The van der Waals surface area contributed by atoms with Gasteiger partial charge in [-0.1, -0.05) is 30.3 Å². The van der Waals surface area contributed by atoms with E-state index < -0.39 is 0 Å². The van der Waals surface area contributed by atoms with Gasteiger partial charge in [-0.15, -0.1) is 0 Å². The Bertz CT molecular complexity index is 882. The molecule has 1 N–H and O–H groups in total. The molecule has 1 heterocycles. The number of methoxy groups -OCH3 is 1. The number of hydrogen-bond acceptors (Lipinski definition) is 3. The van der Waals surface area contributed by atoms with Gasteiger partial charge in [0, 0.05) is 18.8 Å². The lowest BCUT2D eigenvalue weighted by atomic mass is 9.99. The highest BCUT2D eigenvalue weighted by Gasteiger charge is 2.17. The zero-order valence-corrected chi connectivity index (χ0v) is 15.1. The second-order valence-corrected chi connectivity index (χ2v) is 6.15. The number of halogens is 1. The number of nitrogens with zero attached hydrogens (tertiary/aromatic N) is 1. The van der Waals surface area contributed by atoms with Crippen LogP contribution >= 0.6 is 0 Å². The molecule has 4 nitrogen and oxygen atoms in total. The van der Waals surface area contributed by atoms with E-state index in [-0.39, 0.29) is 24.2 Å². The molecule has 0 radical (unpaired) electrons. The van der Waals surface area contributed by atoms with Crippen LogP contribution < -0.4 is 10.1 Å². The monoisotopic (exact) mass is 364 g/mol. The Balaban J connectivity index is 1.74. The van der Waals surface area contributed by atoms with E-state index in [9.17, 15) is 9.18 Å². The summed E-state index contributed by atoms with van der Waals surface area (Å²) in [5, 5.41) is 3.05. The van der Waals surface area contributed by atoms with E-state index >= 15 is 0 Å². The molecule has 0 aliphatic heterocycles. The van der Waals surface area contributed by atoms with Crippen molar-refractivity contribution in [3.63, 3.8) is 0 Å². The van der Waals surface area contributed by atoms with E-state index in [2.05, 4.69) is 10.3 Å². The predicted molar refractivity (Wildman–Crippen MR) is 102 cm³/mol. The normalized spacial score (nSPS) is 11.6. The first-order valence-corrected chi connectivity index (χ1v) is 8.74. The van der Waals surface area contributed by atoms with Gasteiger partial charge in [0.1, 0.15) is 11.6 Å². The molecule has 0 aliphatic carbocycles. The maximum Gasteiger partial charge on any atom is 0.221 e. The van der Waals surface area contributed by atoms with Crippen molar-refractivity contribution in [2.45, 2.75) is 18.9 Å². The van der Waals surface area contributed by atoms with Crippen LogP contribution in [0, 0.1) is 5.82 Å². The Morgan fingerprint density at radius 2 is 1.70 bits per heavy atom. The number of benzene rings is 2. The zero-order valence-electron chi connectivity index (χ0n) is 15.1. The number of amides is 1. The van der Waals surface area contributed by atoms with Gasteiger partial charge in [0.05, 0.1) is 13.2 Å². The van der Waals surface area contributed by atoms with E-state index in [4.69, 9.17) is 4.74 Å². The molecule has 5 heteroatoms. The van der Waals surface area contributed by atoms with Crippen LogP contribution in [-0.4, -0.2) is 18.0 Å². The molecular formula is C22H21FN2O2. The number of carbonyl (C=O) groups is 1. The molecule has 0 spiro atoms. The number of aryl methyl sites for hydroxylation is 1. The van der Waals surface area contributed by atoms with Crippen LogP contribution in [0.15, 0.2) is 73.1 Å². The summed E-state index contributed by atoms with van der Waals surface area (Å²) in [5.41, 5.74) is 2.40. The molecule has 2 aromatic carbocycles. The first-order valence-electron chi connectivity index (χ1n) is 8.74. The minimum absolute atomic E-state index is 0.143. The molecule has 1 aromatic heterocycles. The van der Waals surface area contributed by atoms with Crippen LogP contribution in [0.2, 0.25) is 0 Å². The average Bonchev–Trinajstić information content (AvgIpc) is 2.72. The summed E-state index contributed by atoms with van der Waals surface area (Å²) in [7, 11) is 1.61. The van der Waals surface area contributed by atoms with Gasteiger partial charge >= 0.3 is 0 Å². The van der Waals surface area contributed by atoms with Crippen LogP contribution in [0.5, 0.6) is 5.75 Å². The molecule has 27 heavy (non-hydrogen) atoms. The summed E-state index contributed by atoms with van der Waals surface area (Å²) in [6, 6.07) is 17.5. The topological polar surface area (TPSA) is 51.2 Å². The van der Waals surface area contributed by atoms with Crippen molar-refractivity contribution in [2.24, 2.45) is 0 Å². The van der Waals surface area contributed by atoms with Crippen LogP contribution in [0.25, 0.3) is 0 Å². The number of ether oxygens (including phenoxy) is 1. The Hall–Kier alpha value is -3.21. The number of rotatable bonds is 7. The second-order valence-electron chi connectivity index (χ2n) is 6.15. The van der Waals surface area contributed by atoms with Gasteiger partial charge in [0.25, 0.3) is 0 Å². The van der Waals surface area contributed by atoms with Crippen LogP contribution in [0.4, 0.5) is 4.39 Å². The maximum absolute atomic E-state index is 13.8. The Kier molecular flexibility index (Phi) is 6.15.